The van der Waals surface area contributed by atoms with Crippen molar-refractivity contribution in [3.05, 3.63) is 42.1 Å². The smallest absolute Gasteiger partial charge is 0.415 e. The Morgan fingerprint density at radius 1 is 1.39 bits per heavy atom. The highest BCUT2D eigenvalue weighted by atomic mass is 16.6. The number of nitrogens with zero attached hydrogens (tertiary/aromatic N) is 3. The van der Waals surface area contributed by atoms with Crippen LogP contribution in [0.25, 0.3) is 0 Å². The van der Waals surface area contributed by atoms with Crippen molar-refractivity contribution >= 4 is 17.9 Å². The van der Waals surface area contributed by atoms with Gasteiger partial charge in [0.05, 0.1) is 19.7 Å². The Labute approximate surface area is 134 Å². The second-order valence-electron chi connectivity index (χ2n) is 5.15. The van der Waals surface area contributed by atoms with Crippen molar-refractivity contribution in [3.63, 3.8) is 0 Å². The van der Waals surface area contributed by atoms with Crippen molar-refractivity contribution in [2.24, 2.45) is 0 Å². The van der Waals surface area contributed by atoms with Crippen LogP contribution in [0.3, 0.4) is 0 Å². The summed E-state index contributed by atoms with van der Waals surface area (Å²) in [5, 5.41) is 3.23. The molecule has 1 saturated heterocycles. The molecular weight excluding hydrogens is 296 g/mol. The first-order valence-electron chi connectivity index (χ1n) is 7.35. The van der Waals surface area contributed by atoms with E-state index in [0.29, 0.717) is 24.9 Å². The van der Waals surface area contributed by atoms with Crippen LogP contribution in [0.15, 0.2) is 36.5 Å². The maximum Gasteiger partial charge on any atom is 0.415 e. The average Bonchev–Trinajstić information content (AvgIpc) is 3.01. The minimum absolute atomic E-state index is 0.00844. The SMILES string of the molecule is COc1cccc([C@H](C)Nc2nccc(N3CCOC3=O)n2)c1. The van der Waals surface area contributed by atoms with Crippen LogP contribution in [-0.2, 0) is 4.74 Å². The number of hydrogen-bond donors (Lipinski definition) is 1. The third-order valence-corrected chi connectivity index (χ3v) is 3.62. The van der Waals surface area contributed by atoms with Crippen LogP contribution in [0.1, 0.15) is 18.5 Å². The number of amides is 1. The Kier molecular flexibility index (Phi) is 4.27. The quantitative estimate of drug-likeness (QED) is 0.914. The number of hydrogen-bond acceptors (Lipinski definition) is 6. The van der Waals surface area contributed by atoms with Gasteiger partial charge in [-0.2, -0.15) is 4.98 Å². The number of nitrogens with one attached hydrogen (secondary N) is 1. The van der Waals surface area contributed by atoms with Gasteiger partial charge < -0.3 is 14.8 Å². The lowest BCUT2D eigenvalue weighted by molar-refractivity contribution is 0.181. The number of aromatic nitrogens is 2. The third kappa shape index (κ3) is 3.33. The normalized spacial score (nSPS) is 15.2. The van der Waals surface area contributed by atoms with E-state index < -0.39 is 0 Å². The summed E-state index contributed by atoms with van der Waals surface area (Å²) in [6.07, 6.45) is 1.24. The molecule has 23 heavy (non-hydrogen) atoms. The van der Waals surface area contributed by atoms with Crippen LogP contribution in [0, 0.1) is 0 Å². The van der Waals surface area contributed by atoms with Crippen LogP contribution in [0.4, 0.5) is 16.6 Å². The van der Waals surface area contributed by atoms with Crippen molar-refractivity contribution in [3.8, 4) is 5.75 Å². The summed E-state index contributed by atoms with van der Waals surface area (Å²) in [5.41, 5.74) is 1.05. The largest absolute Gasteiger partial charge is 0.497 e. The molecule has 0 unspecified atom stereocenters. The minimum Gasteiger partial charge on any atom is -0.497 e. The molecule has 1 atom stereocenters. The Morgan fingerprint density at radius 2 is 2.26 bits per heavy atom. The van der Waals surface area contributed by atoms with E-state index in [-0.39, 0.29) is 12.1 Å². The van der Waals surface area contributed by atoms with Gasteiger partial charge in [-0.1, -0.05) is 12.1 Å². The molecular formula is C16H18N4O3. The Hall–Kier alpha value is -2.83. The van der Waals surface area contributed by atoms with Crippen molar-refractivity contribution in [1.82, 2.24) is 9.97 Å². The van der Waals surface area contributed by atoms with E-state index in [0.717, 1.165) is 11.3 Å². The summed E-state index contributed by atoms with van der Waals surface area (Å²) in [7, 11) is 1.64. The van der Waals surface area contributed by atoms with Crippen LogP contribution < -0.4 is 15.0 Å². The molecule has 1 fully saturated rings. The van der Waals surface area contributed by atoms with Crippen LogP contribution >= 0.6 is 0 Å². The third-order valence-electron chi connectivity index (χ3n) is 3.62. The van der Waals surface area contributed by atoms with E-state index in [4.69, 9.17) is 9.47 Å². The molecule has 1 amide bonds. The molecule has 3 rings (SSSR count). The predicted octanol–water partition coefficient (Wildman–Crippen LogP) is 2.61. The summed E-state index contributed by atoms with van der Waals surface area (Å²) in [6.45, 7) is 2.89. The highest BCUT2D eigenvalue weighted by Crippen LogP contribution is 2.22. The molecule has 0 saturated carbocycles. The Bertz CT molecular complexity index is 707. The number of rotatable bonds is 5. The summed E-state index contributed by atoms with van der Waals surface area (Å²) < 4.78 is 10.2. The molecule has 1 aromatic carbocycles. The van der Waals surface area contributed by atoms with Gasteiger partial charge in [0.1, 0.15) is 18.2 Å². The van der Waals surface area contributed by atoms with Gasteiger partial charge in [0.25, 0.3) is 0 Å². The predicted molar refractivity (Wildman–Crippen MR) is 85.8 cm³/mol. The first-order chi connectivity index (χ1) is 11.2. The number of carbonyl (C=O) groups is 1. The fourth-order valence-corrected chi connectivity index (χ4v) is 2.36. The summed E-state index contributed by atoms with van der Waals surface area (Å²) in [5.74, 6) is 1.78. The van der Waals surface area contributed by atoms with E-state index in [1.807, 2.05) is 31.2 Å². The lowest BCUT2D eigenvalue weighted by Crippen LogP contribution is -2.25. The standard InChI is InChI=1S/C16H18N4O3/c1-11(12-4-3-5-13(10-12)22-2)18-15-17-7-6-14(19-15)20-8-9-23-16(20)21/h3-7,10-11H,8-9H2,1-2H3,(H,17,18,19)/t11-/m0/s1. The van der Waals surface area contributed by atoms with E-state index in [2.05, 4.69) is 15.3 Å². The van der Waals surface area contributed by atoms with E-state index in [1.54, 1.807) is 19.4 Å². The second-order valence-corrected chi connectivity index (χ2v) is 5.15. The summed E-state index contributed by atoms with van der Waals surface area (Å²) in [4.78, 5) is 21.7. The molecule has 2 aromatic rings. The Balaban J connectivity index is 1.75. The maximum atomic E-state index is 11.6. The van der Waals surface area contributed by atoms with Crippen LogP contribution in [0.5, 0.6) is 5.75 Å². The number of ether oxygens (including phenoxy) is 2. The van der Waals surface area contributed by atoms with Crippen molar-refractivity contribution in [2.45, 2.75) is 13.0 Å². The zero-order valence-corrected chi connectivity index (χ0v) is 13.0. The molecule has 7 heteroatoms. The van der Waals surface area contributed by atoms with Gasteiger partial charge in [-0.3, -0.25) is 4.90 Å². The lowest BCUT2D eigenvalue weighted by Gasteiger charge is -2.17. The van der Waals surface area contributed by atoms with Crippen molar-refractivity contribution in [1.29, 1.82) is 0 Å². The molecule has 0 radical (unpaired) electrons. The fourth-order valence-electron chi connectivity index (χ4n) is 2.36. The molecule has 0 aliphatic carbocycles. The summed E-state index contributed by atoms with van der Waals surface area (Å²) in [6, 6.07) is 9.47. The second kappa shape index (κ2) is 6.51. The topological polar surface area (TPSA) is 76.6 Å². The van der Waals surface area contributed by atoms with Gasteiger partial charge in [0.2, 0.25) is 5.95 Å². The molecule has 1 aliphatic heterocycles. The highest BCUT2D eigenvalue weighted by molar-refractivity contribution is 5.88. The summed E-state index contributed by atoms with van der Waals surface area (Å²) >= 11 is 0. The van der Waals surface area contributed by atoms with E-state index >= 15 is 0 Å². The molecule has 7 nitrogen and oxygen atoms in total. The minimum atomic E-state index is -0.379. The zero-order chi connectivity index (χ0) is 16.2. The number of methoxy groups -OCH3 is 1. The molecule has 1 aromatic heterocycles. The van der Waals surface area contributed by atoms with Gasteiger partial charge in [0.15, 0.2) is 0 Å². The number of benzene rings is 1. The van der Waals surface area contributed by atoms with Gasteiger partial charge in [-0.05, 0) is 30.7 Å². The number of carbonyl (C=O) groups excluding carboxylic acids is 1. The van der Waals surface area contributed by atoms with Crippen LogP contribution in [0.2, 0.25) is 0 Å². The molecule has 2 heterocycles. The van der Waals surface area contributed by atoms with Crippen molar-refractivity contribution < 1.29 is 14.3 Å². The molecule has 120 valence electrons. The van der Waals surface area contributed by atoms with Crippen molar-refractivity contribution in [2.75, 3.05) is 30.5 Å². The monoisotopic (exact) mass is 314 g/mol. The molecule has 0 bridgehead atoms. The highest BCUT2D eigenvalue weighted by Gasteiger charge is 2.25. The first-order valence-corrected chi connectivity index (χ1v) is 7.35. The maximum absolute atomic E-state index is 11.6. The first kappa shape index (κ1) is 15.1. The van der Waals surface area contributed by atoms with Gasteiger partial charge in [-0.15, -0.1) is 0 Å². The van der Waals surface area contributed by atoms with Gasteiger partial charge >= 0.3 is 6.09 Å². The number of cyclic esters (lactones) is 1. The molecule has 1 aliphatic rings. The lowest BCUT2D eigenvalue weighted by atomic mass is 10.1. The van der Waals surface area contributed by atoms with Gasteiger partial charge in [-0.25, -0.2) is 9.78 Å². The molecule has 1 N–H and O–H groups in total. The van der Waals surface area contributed by atoms with E-state index in [9.17, 15) is 4.79 Å². The van der Waals surface area contributed by atoms with Gasteiger partial charge in [0, 0.05) is 6.20 Å². The Morgan fingerprint density at radius 3 is 3.00 bits per heavy atom. The van der Waals surface area contributed by atoms with E-state index in [1.165, 1.54) is 4.90 Å². The average molecular weight is 314 g/mol. The number of anilines is 2. The zero-order valence-electron chi connectivity index (χ0n) is 13.0. The van der Waals surface area contributed by atoms with Crippen LogP contribution in [-0.4, -0.2) is 36.3 Å². The molecule has 0 spiro atoms. The fraction of sp³-hybridized carbons (Fsp3) is 0.312.